The van der Waals surface area contributed by atoms with E-state index in [0.29, 0.717) is 0 Å². The molecule has 0 atom stereocenters. The van der Waals surface area contributed by atoms with Crippen LogP contribution in [-0.2, 0) is 8.85 Å². The average molecular weight is 248 g/mol. The molecule has 0 aliphatic rings. The average Bonchev–Trinajstić information content (AvgIpc) is 2.16. The Bertz CT molecular complexity index is 334. The molecule has 0 fully saturated rings. The maximum atomic E-state index is 13.0. The molecule has 0 bridgehead atoms. The molecule has 1 aromatic carbocycles. The van der Waals surface area contributed by atoms with E-state index >= 15 is 0 Å². The van der Waals surface area contributed by atoms with Gasteiger partial charge in [0.2, 0.25) is 0 Å². The Labute approximate surface area is 94.0 Å². The van der Waals surface area contributed by atoms with Gasteiger partial charge in [-0.2, -0.15) is 0 Å². The fourth-order valence-corrected chi connectivity index (χ4v) is 3.18. The smallest absolute Gasteiger partial charge is 0.386 e. The summed E-state index contributed by atoms with van der Waals surface area (Å²) in [5.41, 5.74) is 0. The van der Waals surface area contributed by atoms with Crippen molar-refractivity contribution in [3.8, 4) is 0 Å². The SMILES string of the molecule is CCO[Si](O)(OCC)c1cc(F)cc(F)c1. The molecule has 0 aliphatic carbocycles. The first-order valence-corrected chi connectivity index (χ1v) is 6.75. The second-order valence-electron chi connectivity index (χ2n) is 3.11. The van der Waals surface area contributed by atoms with Crippen molar-refractivity contribution in [3.63, 3.8) is 0 Å². The summed E-state index contributed by atoms with van der Waals surface area (Å²) in [6, 6.07) is 2.79. The predicted octanol–water partition coefficient (Wildman–Crippen LogP) is 1.18. The van der Waals surface area contributed by atoms with Gasteiger partial charge in [-0.05, 0) is 26.0 Å². The quantitative estimate of drug-likeness (QED) is 0.795. The molecule has 0 saturated carbocycles. The summed E-state index contributed by atoms with van der Waals surface area (Å²) in [5, 5.41) is 0.0358. The number of halogens is 2. The maximum Gasteiger partial charge on any atom is 0.534 e. The Kier molecular flexibility index (Phi) is 4.54. The molecule has 6 heteroatoms. The normalized spacial score (nSPS) is 11.8. The summed E-state index contributed by atoms with van der Waals surface area (Å²) in [4.78, 5) is 10.1. The molecule has 1 aromatic rings. The van der Waals surface area contributed by atoms with Gasteiger partial charge in [0, 0.05) is 24.5 Å². The third kappa shape index (κ3) is 3.08. The van der Waals surface area contributed by atoms with Crippen LogP contribution >= 0.6 is 0 Å². The number of hydrogen-bond donors (Lipinski definition) is 1. The Hall–Kier alpha value is -0.823. The van der Waals surface area contributed by atoms with Gasteiger partial charge in [-0.1, -0.05) is 0 Å². The molecule has 3 nitrogen and oxygen atoms in total. The van der Waals surface area contributed by atoms with E-state index in [1.165, 1.54) is 0 Å². The molecule has 16 heavy (non-hydrogen) atoms. The first-order valence-electron chi connectivity index (χ1n) is 4.98. The molecule has 0 amide bonds. The van der Waals surface area contributed by atoms with Gasteiger partial charge < -0.3 is 13.6 Å². The lowest BCUT2D eigenvalue weighted by atomic mass is 10.3. The van der Waals surface area contributed by atoms with Crippen molar-refractivity contribution in [2.45, 2.75) is 13.8 Å². The zero-order chi connectivity index (χ0) is 12.2. The molecule has 0 aliphatic heterocycles. The third-order valence-electron chi connectivity index (χ3n) is 1.91. The Morgan fingerprint density at radius 1 is 1.06 bits per heavy atom. The molecule has 0 unspecified atom stereocenters. The molecule has 0 spiro atoms. The number of rotatable bonds is 5. The summed E-state index contributed by atoms with van der Waals surface area (Å²) in [6.45, 7) is 3.76. The van der Waals surface area contributed by atoms with E-state index in [1.54, 1.807) is 13.8 Å². The van der Waals surface area contributed by atoms with Crippen molar-refractivity contribution in [1.29, 1.82) is 0 Å². The zero-order valence-electron chi connectivity index (χ0n) is 9.17. The highest BCUT2D eigenvalue weighted by molar-refractivity contribution is 6.74. The Balaban J connectivity index is 3.09. The lowest BCUT2D eigenvalue weighted by molar-refractivity contribution is 0.124. The minimum absolute atomic E-state index is 0.0358. The van der Waals surface area contributed by atoms with Crippen molar-refractivity contribution in [1.82, 2.24) is 0 Å². The molecular weight excluding hydrogens is 234 g/mol. The Morgan fingerprint density at radius 2 is 1.50 bits per heavy atom. The molecule has 90 valence electrons. The molecular formula is C10H14F2O3Si. The molecule has 1 N–H and O–H groups in total. The summed E-state index contributed by atoms with van der Waals surface area (Å²) < 4.78 is 36.2. The third-order valence-corrected chi connectivity index (χ3v) is 4.29. The van der Waals surface area contributed by atoms with Gasteiger partial charge >= 0.3 is 8.80 Å². The standard InChI is InChI=1S/C10H14F2O3Si/c1-3-14-16(13,15-4-2)10-6-8(11)5-9(12)7-10/h5-7,13H,3-4H2,1-2H3. The molecule has 0 aromatic heterocycles. The second-order valence-corrected chi connectivity index (χ2v) is 5.42. The van der Waals surface area contributed by atoms with E-state index in [9.17, 15) is 13.6 Å². The molecule has 0 radical (unpaired) electrons. The predicted molar refractivity (Wildman–Crippen MR) is 57.2 cm³/mol. The maximum absolute atomic E-state index is 13.0. The van der Waals surface area contributed by atoms with E-state index in [0.717, 1.165) is 18.2 Å². The summed E-state index contributed by atoms with van der Waals surface area (Å²) in [7, 11) is -3.67. The lowest BCUT2D eigenvalue weighted by Gasteiger charge is -2.23. The van der Waals surface area contributed by atoms with Gasteiger partial charge in [-0.3, -0.25) is 0 Å². The molecule has 0 heterocycles. The van der Waals surface area contributed by atoms with Crippen LogP contribution in [0.4, 0.5) is 8.78 Å². The van der Waals surface area contributed by atoms with Gasteiger partial charge in [0.15, 0.2) is 0 Å². The monoisotopic (exact) mass is 248 g/mol. The van der Waals surface area contributed by atoms with Crippen LogP contribution in [-0.4, -0.2) is 26.8 Å². The minimum atomic E-state index is -3.67. The van der Waals surface area contributed by atoms with Gasteiger partial charge in [-0.25, -0.2) is 8.78 Å². The van der Waals surface area contributed by atoms with Crippen LogP contribution in [0.5, 0.6) is 0 Å². The van der Waals surface area contributed by atoms with Crippen molar-refractivity contribution in [2.75, 3.05) is 13.2 Å². The minimum Gasteiger partial charge on any atom is -0.386 e. The fourth-order valence-electron chi connectivity index (χ4n) is 1.34. The molecule has 1 rings (SSSR count). The van der Waals surface area contributed by atoms with Gasteiger partial charge in [0.25, 0.3) is 0 Å². The summed E-state index contributed by atoms with van der Waals surface area (Å²) >= 11 is 0. The van der Waals surface area contributed by atoms with E-state index in [2.05, 4.69) is 0 Å². The second kappa shape index (κ2) is 5.49. The van der Waals surface area contributed by atoms with E-state index in [1.807, 2.05) is 0 Å². The van der Waals surface area contributed by atoms with Crippen LogP contribution in [0.2, 0.25) is 0 Å². The highest BCUT2D eigenvalue weighted by Gasteiger charge is 2.39. The first-order chi connectivity index (χ1) is 7.51. The van der Waals surface area contributed by atoms with Crippen LogP contribution in [0, 0.1) is 11.6 Å². The van der Waals surface area contributed by atoms with Crippen molar-refractivity contribution in [2.24, 2.45) is 0 Å². The summed E-state index contributed by atoms with van der Waals surface area (Å²) in [5.74, 6) is -1.53. The van der Waals surface area contributed by atoms with E-state index in [4.69, 9.17) is 8.85 Å². The van der Waals surface area contributed by atoms with Crippen LogP contribution in [0.15, 0.2) is 18.2 Å². The highest BCUT2D eigenvalue weighted by atomic mass is 28.4. The van der Waals surface area contributed by atoms with Crippen LogP contribution in [0.3, 0.4) is 0 Å². The lowest BCUT2D eigenvalue weighted by Crippen LogP contribution is -2.54. The zero-order valence-corrected chi connectivity index (χ0v) is 10.2. The van der Waals surface area contributed by atoms with Crippen LogP contribution in [0.25, 0.3) is 0 Å². The molecule has 0 saturated heterocycles. The van der Waals surface area contributed by atoms with Crippen molar-refractivity contribution < 1.29 is 22.4 Å². The number of benzene rings is 1. The first kappa shape index (κ1) is 13.2. The van der Waals surface area contributed by atoms with Crippen LogP contribution < -0.4 is 5.19 Å². The van der Waals surface area contributed by atoms with Gasteiger partial charge in [0.05, 0.1) is 0 Å². The van der Waals surface area contributed by atoms with Crippen molar-refractivity contribution in [3.05, 3.63) is 29.8 Å². The van der Waals surface area contributed by atoms with Crippen LogP contribution in [0.1, 0.15) is 13.8 Å². The van der Waals surface area contributed by atoms with Gasteiger partial charge in [0.1, 0.15) is 11.6 Å². The fraction of sp³-hybridized carbons (Fsp3) is 0.400. The Morgan fingerprint density at radius 3 is 1.88 bits per heavy atom. The van der Waals surface area contributed by atoms with E-state index in [-0.39, 0.29) is 18.4 Å². The summed E-state index contributed by atoms with van der Waals surface area (Å²) in [6.07, 6.45) is 0. The van der Waals surface area contributed by atoms with Gasteiger partial charge in [-0.15, -0.1) is 0 Å². The largest absolute Gasteiger partial charge is 0.534 e. The topological polar surface area (TPSA) is 38.7 Å². The van der Waals surface area contributed by atoms with Crippen molar-refractivity contribution >= 4 is 14.0 Å². The highest BCUT2D eigenvalue weighted by Crippen LogP contribution is 2.08. The van der Waals surface area contributed by atoms with E-state index < -0.39 is 20.4 Å². The number of hydrogen-bond acceptors (Lipinski definition) is 3.